The quantitative estimate of drug-likeness (QED) is 0.546. The average Bonchev–Trinajstić information content (AvgIpc) is 3.50. The molecule has 0 saturated heterocycles. The molecule has 0 bridgehead atoms. The van der Waals surface area contributed by atoms with Gasteiger partial charge in [-0.15, -0.1) is 11.3 Å². The number of hydrogen-bond acceptors (Lipinski definition) is 6. The number of benzene rings is 1. The van der Waals surface area contributed by atoms with E-state index in [1.54, 1.807) is 22.3 Å². The van der Waals surface area contributed by atoms with Gasteiger partial charge in [0.15, 0.2) is 0 Å². The van der Waals surface area contributed by atoms with E-state index in [1.807, 2.05) is 37.9 Å². The molecule has 8 heteroatoms. The minimum atomic E-state index is -0.280. The summed E-state index contributed by atoms with van der Waals surface area (Å²) < 4.78 is 18.6. The van der Waals surface area contributed by atoms with Crippen molar-refractivity contribution in [1.29, 1.82) is 0 Å². The van der Waals surface area contributed by atoms with Gasteiger partial charge in [-0.25, -0.2) is 9.37 Å². The third-order valence-electron chi connectivity index (χ3n) is 6.37. The van der Waals surface area contributed by atoms with Crippen LogP contribution in [0.2, 0.25) is 0 Å². The van der Waals surface area contributed by atoms with Crippen molar-refractivity contribution < 1.29 is 19.0 Å². The zero-order valence-corrected chi connectivity index (χ0v) is 22.6. The van der Waals surface area contributed by atoms with E-state index in [2.05, 4.69) is 30.7 Å². The van der Waals surface area contributed by atoms with Gasteiger partial charge in [0, 0.05) is 39.0 Å². The number of nitrogens with zero attached hydrogens (tertiary/aromatic N) is 3. The standard InChI is InChI=1S/C14H25N3OS.C11H13FO.CH4O/c1-5-16(4)14(18)12(9-17(6-2)7-3)8-13-10-19-11-15-13;1-3-11(2)10-6-9(12)5-4-8(10)7-13-11;1-2/h10-12H,5-9H2,1-4H3;4-6H,3,7H2,1-2H3;2H,1H3. The molecule has 1 N–H and O–H groups in total. The molecular formula is C26H42FN3O3S. The van der Waals surface area contributed by atoms with Crippen molar-refractivity contribution in [3.63, 3.8) is 0 Å². The van der Waals surface area contributed by atoms with Gasteiger partial charge in [0.25, 0.3) is 0 Å². The first kappa shape index (κ1) is 30.2. The predicted octanol–water partition coefficient (Wildman–Crippen LogP) is 4.71. The predicted molar refractivity (Wildman–Crippen MR) is 137 cm³/mol. The van der Waals surface area contributed by atoms with Gasteiger partial charge in [-0.1, -0.05) is 26.8 Å². The highest BCUT2D eigenvalue weighted by atomic mass is 32.1. The van der Waals surface area contributed by atoms with Gasteiger partial charge in [0.2, 0.25) is 5.91 Å². The smallest absolute Gasteiger partial charge is 0.227 e. The minimum absolute atomic E-state index is 0.00644. The molecular weight excluding hydrogens is 453 g/mol. The van der Waals surface area contributed by atoms with E-state index in [4.69, 9.17) is 9.84 Å². The number of aliphatic hydroxyl groups is 1. The summed E-state index contributed by atoms with van der Waals surface area (Å²) in [5, 5.41) is 9.04. The largest absolute Gasteiger partial charge is 0.400 e. The van der Waals surface area contributed by atoms with Crippen LogP contribution < -0.4 is 0 Å². The molecule has 1 aliphatic rings. The summed E-state index contributed by atoms with van der Waals surface area (Å²) >= 11 is 1.59. The molecule has 2 atom stereocenters. The van der Waals surface area contributed by atoms with Gasteiger partial charge in [-0.3, -0.25) is 4.79 Å². The number of amides is 1. The molecule has 2 heterocycles. The molecule has 1 aliphatic heterocycles. The molecule has 192 valence electrons. The Morgan fingerprint density at radius 1 is 1.24 bits per heavy atom. The molecule has 0 spiro atoms. The molecule has 6 nitrogen and oxygen atoms in total. The first-order valence-corrected chi connectivity index (χ1v) is 12.9. The molecule has 0 fully saturated rings. The summed E-state index contributed by atoms with van der Waals surface area (Å²) in [5.41, 5.74) is 4.70. The second-order valence-corrected chi connectivity index (χ2v) is 9.11. The normalized spacial score (nSPS) is 17.2. The van der Waals surface area contributed by atoms with Crippen LogP contribution in [-0.2, 0) is 28.2 Å². The second kappa shape index (κ2) is 15.2. The van der Waals surface area contributed by atoms with Crippen molar-refractivity contribution in [3.05, 3.63) is 51.7 Å². The van der Waals surface area contributed by atoms with Crippen LogP contribution >= 0.6 is 11.3 Å². The monoisotopic (exact) mass is 495 g/mol. The lowest BCUT2D eigenvalue weighted by Gasteiger charge is -2.27. The maximum absolute atomic E-state index is 13.0. The lowest BCUT2D eigenvalue weighted by atomic mass is 9.92. The third-order valence-corrected chi connectivity index (χ3v) is 7.01. The Morgan fingerprint density at radius 2 is 1.91 bits per heavy atom. The highest BCUT2D eigenvalue weighted by Crippen LogP contribution is 2.38. The minimum Gasteiger partial charge on any atom is -0.400 e. The summed E-state index contributed by atoms with van der Waals surface area (Å²) in [6.07, 6.45) is 1.62. The van der Waals surface area contributed by atoms with E-state index in [0.29, 0.717) is 6.61 Å². The number of carbonyl (C=O) groups is 1. The fraction of sp³-hybridized carbons (Fsp3) is 0.615. The molecule has 34 heavy (non-hydrogen) atoms. The Hall–Kier alpha value is -1.87. The Bertz CT molecular complexity index is 846. The number of thiazole rings is 1. The van der Waals surface area contributed by atoms with Crippen LogP contribution in [0.25, 0.3) is 0 Å². The zero-order valence-electron chi connectivity index (χ0n) is 21.8. The number of aromatic nitrogens is 1. The van der Waals surface area contributed by atoms with Crippen LogP contribution in [0.3, 0.4) is 0 Å². The molecule has 0 radical (unpaired) electrons. The molecule has 1 amide bonds. The van der Waals surface area contributed by atoms with Crippen molar-refractivity contribution in [1.82, 2.24) is 14.8 Å². The maximum Gasteiger partial charge on any atom is 0.227 e. The van der Waals surface area contributed by atoms with Crippen molar-refractivity contribution >= 4 is 17.2 Å². The Balaban J connectivity index is 0.000000334. The van der Waals surface area contributed by atoms with Crippen LogP contribution in [0.5, 0.6) is 0 Å². The number of aliphatic hydroxyl groups excluding tert-OH is 1. The number of fused-ring (bicyclic) bond motifs is 1. The maximum atomic E-state index is 13.0. The van der Waals surface area contributed by atoms with Gasteiger partial charge in [-0.05, 0) is 56.6 Å². The summed E-state index contributed by atoms with van der Waals surface area (Å²) in [6, 6.07) is 4.89. The van der Waals surface area contributed by atoms with Gasteiger partial charge < -0.3 is 19.6 Å². The van der Waals surface area contributed by atoms with E-state index in [-0.39, 0.29) is 23.2 Å². The molecule has 1 aromatic heterocycles. The molecule has 2 aromatic rings. The van der Waals surface area contributed by atoms with E-state index < -0.39 is 0 Å². The van der Waals surface area contributed by atoms with Crippen molar-refractivity contribution in [2.75, 3.05) is 40.3 Å². The number of rotatable bonds is 9. The van der Waals surface area contributed by atoms with Crippen LogP contribution in [0, 0.1) is 11.7 Å². The van der Waals surface area contributed by atoms with Gasteiger partial charge in [0.1, 0.15) is 5.82 Å². The highest BCUT2D eigenvalue weighted by molar-refractivity contribution is 7.07. The third kappa shape index (κ3) is 8.41. The summed E-state index contributed by atoms with van der Waals surface area (Å²) in [7, 11) is 2.87. The topological polar surface area (TPSA) is 65.9 Å². The zero-order chi connectivity index (χ0) is 25.7. The average molecular weight is 496 g/mol. The van der Waals surface area contributed by atoms with E-state index in [0.717, 1.165) is 63.0 Å². The van der Waals surface area contributed by atoms with Gasteiger partial charge >= 0.3 is 0 Å². The van der Waals surface area contributed by atoms with Crippen molar-refractivity contribution in [2.45, 2.75) is 59.7 Å². The van der Waals surface area contributed by atoms with Crippen molar-refractivity contribution in [2.24, 2.45) is 5.92 Å². The Kier molecular flexibility index (Phi) is 13.5. The second-order valence-electron chi connectivity index (χ2n) is 8.39. The lowest BCUT2D eigenvalue weighted by molar-refractivity contribution is -0.134. The molecule has 0 aliphatic carbocycles. The van der Waals surface area contributed by atoms with E-state index >= 15 is 0 Å². The summed E-state index contributed by atoms with van der Waals surface area (Å²) in [4.78, 5) is 20.9. The van der Waals surface area contributed by atoms with Crippen LogP contribution in [0.4, 0.5) is 4.39 Å². The fourth-order valence-corrected chi connectivity index (χ4v) is 4.43. The number of hydrogen-bond donors (Lipinski definition) is 1. The van der Waals surface area contributed by atoms with E-state index in [9.17, 15) is 9.18 Å². The molecule has 2 unspecified atom stereocenters. The Morgan fingerprint density at radius 3 is 2.44 bits per heavy atom. The van der Waals surface area contributed by atoms with Crippen LogP contribution in [-0.4, -0.2) is 66.1 Å². The van der Waals surface area contributed by atoms with Gasteiger partial charge in [-0.2, -0.15) is 0 Å². The number of halogens is 1. The van der Waals surface area contributed by atoms with Crippen LogP contribution in [0.1, 0.15) is 57.9 Å². The fourth-order valence-electron chi connectivity index (χ4n) is 3.86. The van der Waals surface area contributed by atoms with Gasteiger partial charge in [0.05, 0.1) is 29.3 Å². The molecule has 0 saturated carbocycles. The number of ether oxygens (including phenoxy) is 1. The first-order valence-electron chi connectivity index (χ1n) is 12.0. The van der Waals surface area contributed by atoms with Crippen LogP contribution in [0.15, 0.2) is 29.1 Å². The lowest BCUT2D eigenvalue weighted by Crippen LogP contribution is -2.41. The van der Waals surface area contributed by atoms with E-state index in [1.165, 1.54) is 6.07 Å². The summed E-state index contributed by atoms with van der Waals surface area (Å²) in [5.74, 6) is 0.0540. The summed E-state index contributed by atoms with van der Waals surface area (Å²) in [6.45, 7) is 14.5. The molecule has 1 aromatic carbocycles. The first-order chi connectivity index (χ1) is 16.3. The number of carbonyl (C=O) groups excluding carboxylic acids is 1. The van der Waals surface area contributed by atoms with Crippen molar-refractivity contribution in [3.8, 4) is 0 Å². The highest BCUT2D eigenvalue weighted by Gasteiger charge is 2.33. The SMILES string of the molecule is CCC1(C)OCc2ccc(F)cc21.CCN(CC)CC(Cc1cscn1)C(=O)N(C)CC.CO. The molecule has 3 rings (SSSR count). The Labute approximate surface area is 208 Å².